The lowest BCUT2D eigenvalue weighted by atomic mass is 10.0. The summed E-state index contributed by atoms with van der Waals surface area (Å²) in [6.45, 7) is 3.96. The van der Waals surface area contributed by atoms with Crippen LogP contribution in [0.1, 0.15) is 11.1 Å². The van der Waals surface area contributed by atoms with Crippen molar-refractivity contribution in [2.24, 2.45) is 0 Å². The van der Waals surface area contributed by atoms with Crippen LogP contribution in [0.15, 0.2) is 24.3 Å². The molecule has 0 bridgehead atoms. The van der Waals surface area contributed by atoms with Crippen molar-refractivity contribution in [3.05, 3.63) is 35.4 Å². The van der Waals surface area contributed by atoms with Crippen molar-refractivity contribution in [2.45, 2.75) is 13.8 Å². The Balaban J connectivity index is 2.94. The van der Waals surface area contributed by atoms with Crippen molar-refractivity contribution in [3.63, 3.8) is 0 Å². The summed E-state index contributed by atoms with van der Waals surface area (Å²) in [5, 5.41) is 11.6. The number of aryl methyl sites for hydroxylation is 2. The minimum absolute atomic E-state index is 0.301. The van der Waals surface area contributed by atoms with E-state index < -0.39 is 0 Å². The Morgan fingerprint density at radius 3 is 2.43 bits per heavy atom. The highest BCUT2D eigenvalue weighted by atomic mass is 16.3. The Bertz CT molecular complexity index is 456. The first-order valence-corrected chi connectivity index (χ1v) is 4.57. The zero-order valence-electron chi connectivity index (χ0n) is 8.33. The van der Waals surface area contributed by atoms with Crippen LogP contribution in [0, 0.1) is 13.8 Å². The molecule has 2 aromatic rings. The molecule has 72 valence electrons. The van der Waals surface area contributed by atoms with Gasteiger partial charge >= 0.3 is 0 Å². The number of aromatic hydroxyl groups is 1. The molecule has 0 radical (unpaired) electrons. The number of benzene rings is 2. The van der Waals surface area contributed by atoms with Crippen molar-refractivity contribution in [1.82, 2.24) is 0 Å². The second-order valence-corrected chi connectivity index (χ2v) is 3.72. The molecule has 2 aromatic carbocycles. The van der Waals surface area contributed by atoms with Crippen molar-refractivity contribution in [2.75, 3.05) is 5.73 Å². The minimum atomic E-state index is 0.301. The molecule has 0 atom stereocenters. The van der Waals surface area contributed by atoms with E-state index >= 15 is 0 Å². The van der Waals surface area contributed by atoms with E-state index in [4.69, 9.17) is 5.73 Å². The third-order valence-electron chi connectivity index (χ3n) is 2.42. The number of anilines is 1. The Labute approximate surface area is 83.0 Å². The number of fused-ring (bicyclic) bond motifs is 1. The largest absolute Gasteiger partial charge is 0.507 e. The van der Waals surface area contributed by atoms with Crippen molar-refractivity contribution < 1.29 is 5.11 Å². The summed E-state index contributed by atoms with van der Waals surface area (Å²) in [7, 11) is 0. The van der Waals surface area contributed by atoms with Gasteiger partial charge in [0.05, 0.1) is 0 Å². The zero-order chi connectivity index (χ0) is 10.3. The standard InChI is InChI=1S/C12H13NO/c1-7-3-10-8(2)5-9(13)6-11(10)12(14)4-7/h3-6,14H,13H2,1-2H3. The first-order valence-electron chi connectivity index (χ1n) is 4.57. The van der Waals surface area contributed by atoms with E-state index in [1.807, 2.05) is 19.9 Å². The van der Waals surface area contributed by atoms with Crippen LogP contribution in [0.25, 0.3) is 10.8 Å². The number of phenolic OH excluding ortho intramolecular Hbond substituents is 1. The molecule has 0 spiro atoms. The van der Waals surface area contributed by atoms with Crippen LogP contribution in [0.2, 0.25) is 0 Å². The molecular weight excluding hydrogens is 174 g/mol. The number of phenols is 1. The summed E-state index contributed by atoms with van der Waals surface area (Å²) in [6, 6.07) is 7.53. The smallest absolute Gasteiger partial charge is 0.123 e. The van der Waals surface area contributed by atoms with E-state index in [0.717, 1.165) is 21.9 Å². The number of nitrogens with two attached hydrogens (primary N) is 1. The van der Waals surface area contributed by atoms with E-state index in [1.54, 1.807) is 12.1 Å². The lowest BCUT2D eigenvalue weighted by Gasteiger charge is -2.07. The predicted molar refractivity (Wildman–Crippen MR) is 59.5 cm³/mol. The molecule has 2 nitrogen and oxygen atoms in total. The normalized spacial score (nSPS) is 10.7. The van der Waals surface area contributed by atoms with Gasteiger partial charge in [-0.1, -0.05) is 6.07 Å². The highest BCUT2D eigenvalue weighted by molar-refractivity contribution is 5.93. The maximum Gasteiger partial charge on any atom is 0.123 e. The van der Waals surface area contributed by atoms with Crippen molar-refractivity contribution in [3.8, 4) is 5.75 Å². The Hall–Kier alpha value is -1.70. The Kier molecular flexibility index (Phi) is 1.84. The van der Waals surface area contributed by atoms with Crippen LogP contribution < -0.4 is 5.73 Å². The molecule has 0 aliphatic rings. The second kappa shape index (κ2) is 2.91. The van der Waals surface area contributed by atoms with Crippen molar-refractivity contribution in [1.29, 1.82) is 0 Å². The molecular formula is C12H13NO. The fourth-order valence-corrected chi connectivity index (χ4v) is 1.79. The quantitative estimate of drug-likeness (QED) is 0.623. The molecule has 2 rings (SSSR count). The maximum absolute atomic E-state index is 9.75. The average molecular weight is 187 g/mol. The topological polar surface area (TPSA) is 46.2 Å². The fourth-order valence-electron chi connectivity index (χ4n) is 1.79. The van der Waals surface area contributed by atoms with Crippen LogP contribution in [0.4, 0.5) is 5.69 Å². The monoisotopic (exact) mass is 187 g/mol. The van der Waals surface area contributed by atoms with Gasteiger partial charge in [-0.25, -0.2) is 0 Å². The summed E-state index contributed by atoms with van der Waals surface area (Å²) in [5.41, 5.74) is 8.56. The number of rotatable bonds is 0. The zero-order valence-corrected chi connectivity index (χ0v) is 8.33. The maximum atomic E-state index is 9.75. The fraction of sp³-hybridized carbons (Fsp3) is 0.167. The molecule has 0 saturated heterocycles. The van der Waals surface area contributed by atoms with E-state index in [-0.39, 0.29) is 0 Å². The molecule has 14 heavy (non-hydrogen) atoms. The van der Waals surface area contributed by atoms with Gasteiger partial charge < -0.3 is 10.8 Å². The molecule has 0 saturated carbocycles. The molecule has 3 N–H and O–H groups in total. The molecule has 0 aliphatic carbocycles. The Morgan fingerprint density at radius 2 is 1.71 bits per heavy atom. The summed E-state index contributed by atoms with van der Waals surface area (Å²) in [6.07, 6.45) is 0. The van der Waals surface area contributed by atoms with Gasteiger partial charge in [-0.2, -0.15) is 0 Å². The molecule has 0 unspecified atom stereocenters. The highest BCUT2D eigenvalue weighted by Gasteiger charge is 2.04. The van der Waals surface area contributed by atoms with E-state index in [0.29, 0.717) is 11.4 Å². The molecule has 0 fully saturated rings. The third kappa shape index (κ3) is 1.29. The lowest BCUT2D eigenvalue weighted by Crippen LogP contribution is -1.88. The van der Waals surface area contributed by atoms with Crippen LogP contribution in [0.5, 0.6) is 5.75 Å². The van der Waals surface area contributed by atoms with Gasteiger partial charge in [-0.05, 0) is 48.6 Å². The van der Waals surface area contributed by atoms with Crippen molar-refractivity contribution >= 4 is 16.5 Å². The average Bonchev–Trinajstić information content (AvgIpc) is 2.07. The molecule has 0 amide bonds. The minimum Gasteiger partial charge on any atom is -0.507 e. The van der Waals surface area contributed by atoms with E-state index in [1.165, 1.54) is 0 Å². The van der Waals surface area contributed by atoms with Crippen LogP contribution >= 0.6 is 0 Å². The van der Waals surface area contributed by atoms with Gasteiger partial charge in [0.15, 0.2) is 0 Å². The Morgan fingerprint density at radius 1 is 1.00 bits per heavy atom. The molecule has 0 aromatic heterocycles. The van der Waals surface area contributed by atoms with Gasteiger partial charge in [0.25, 0.3) is 0 Å². The van der Waals surface area contributed by atoms with E-state index in [9.17, 15) is 5.11 Å². The van der Waals surface area contributed by atoms with E-state index in [2.05, 4.69) is 6.07 Å². The summed E-state index contributed by atoms with van der Waals surface area (Å²) in [4.78, 5) is 0. The van der Waals surface area contributed by atoms with Gasteiger partial charge in [0, 0.05) is 11.1 Å². The third-order valence-corrected chi connectivity index (χ3v) is 2.42. The number of hydrogen-bond donors (Lipinski definition) is 2. The second-order valence-electron chi connectivity index (χ2n) is 3.72. The first kappa shape index (κ1) is 8.88. The van der Waals surface area contributed by atoms with Crippen LogP contribution in [0.3, 0.4) is 0 Å². The SMILES string of the molecule is Cc1cc(O)c2cc(N)cc(C)c2c1. The summed E-state index contributed by atoms with van der Waals surface area (Å²) in [5.74, 6) is 0.301. The summed E-state index contributed by atoms with van der Waals surface area (Å²) < 4.78 is 0. The highest BCUT2D eigenvalue weighted by Crippen LogP contribution is 2.30. The lowest BCUT2D eigenvalue weighted by molar-refractivity contribution is 0.481. The van der Waals surface area contributed by atoms with Gasteiger partial charge in [-0.3, -0.25) is 0 Å². The summed E-state index contributed by atoms with van der Waals surface area (Å²) >= 11 is 0. The molecule has 0 aliphatic heterocycles. The predicted octanol–water partition coefficient (Wildman–Crippen LogP) is 2.74. The molecule has 0 heterocycles. The number of nitrogen functional groups attached to an aromatic ring is 1. The molecule has 2 heteroatoms. The van der Waals surface area contributed by atoms with Crippen LogP contribution in [-0.2, 0) is 0 Å². The van der Waals surface area contributed by atoms with Gasteiger partial charge in [0.1, 0.15) is 5.75 Å². The van der Waals surface area contributed by atoms with Gasteiger partial charge in [-0.15, -0.1) is 0 Å². The van der Waals surface area contributed by atoms with Crippen LogP contribution in [-0.4, -0.2) is 5.11 Å². The first-order chi connectivity index (χ1) is 6.58. The number of hydrogen-bond acceptors (Lipinski definition) is 2. The van der Waals surface area contributed by atoms with Gasteiger partial charge in [0.2, 0.25) is 0 Å².